The molecule has 3 rings (SSSR count). The van der Waals surface area contributed by atoms with Gasteiger partial charge in [0.15, 0.2) is 0 Å². The molecule has 0 aromatic carbocycles. The molecule has 0 spiro atoms. The number of aromatic nitrogens is 2. The molecule has 1 saturated carbocycles. The van der Waals surface area contributed by atoms with E-state index in [1.807, 2.05) is 0 Å². The summed E-state index contributed by atoms with van der Waals surface area (Å²) < 4.78 is 2.38. The van der Waals surface area contributed by atoms with E-state index >= 15 is 0 Å². The minimum absolute atomic E-state index is 0.595. The molecule has 1 N–H and O–H groups in total. The fourth-order valence-electron chi connectivity index (χ4n) is 3.47. The lowest BCUT2D eigenvalue weighted by Crippen LogP contribution is -2.25. The summed E-state index contributed by atoms with van der Waals surface area (Å²) in [7, 11) is 2.21. The molecule has 1 aliphatic carbocycles. The number of hydrogen-bond acceptors (Lipinski definition) is 3. The Balaban J connectivity index is 1.73. The molecule has 1 aromatic rings. The maximum atomic E-state index is 4.71. The van der Waals surface area contributed by atoms with Crippen molar-refractivity contribution in [2.24, 2.45) is 0 Å². The van der Waals surface area contributed by atoms with Crippen LogP contribution in [-0.2, 0) is 0 Å². The standard InChI is InChI=1S/C15H26N4/c1-12-10-19(14-8-9-18(2)11-14)15(16-12)17-13-6-4-3-5-7-13/h10,13-14H,3-9,11H2,1-2H3,(H,16,17). The number of hydrogen-bond donors (Lipinski definition) is 1. The first kappa shape index (κ1) is 13.0. The first-order valence-electron chi connectivity index (χ1n) is 7.73. The molecule has 106 valence electrons. The zero-order valence-corrected chi connectivity index (χ0v) is 12.2. The van der Waals surface area contributed by atoms with Crippen LogP contribution in [-0.4, -0.2) is 40.6 Å². The second kappa shape index (κ2) is 5.53. The molecule has 0 amide bonds. The van der Waals surface area contributed by atoms with E-state index in [0.717, 1.165) is 18.2 Å². The van der Waals surface area contributed by atoms with E-state index in [9.17, 15) is 0 Å². The Hall–Kier alpha value is -1.03. The highest BCUT2D eigenvalue weighted by atomic mass is 15.3. The number of anilines is 1. The van der Waals surface area contributed by atoms with Gasteiger partial charge in [0.2, 0.25) is 5.95 Å². The van der Waals surface area contributed by atoms with Crippen LogP contribution in [0.15, 0.2) is 6.20 Å². The third-order valence-corrected chi connectivity index (χ3v) is 4.55. The van der Waals surface area contributed by atoms with Gasteiger partial charge < -0.3 is 14.8 Å². The van der Waals surface area contributed by atoms with Crippen molar-refractivity contribution < 1.29 is 0 Å². The molecule has 4 heteroatoms. The number of nitrogens with one attached hydrogen (secondary N) is 1. The largest absolute Gasteiger partial charge is 0.353 e. The molecule has 2 fully saturated rings. The molecule has 1 unspecified atom stereocenters. The fraction of sp³-hybridized carbons (Fsp3) is 0.800. The van der Waals surface area contributed by atoms with Crippen molar-refractivity contribution in [3.05, 3.63) is 11.9 Å². The highest BCUT2D eigenvalue weighted by Gasteiger charge is 2.24. The van der Waals surface area contributed by atoms with Crippen molar-refractivity contribution in [3.8, 4) is 0 Å². The lowest BCUT2D eigenvalue weighted by atomic mass is 9.96. The van der Waals surface area contributed by atoms with Gasteiger partial charge in [0, 0.05) is 18.8 Å². The summed E-state index contributed by atoms with van der Waals surface area (Å²) in [5.41, 5.74) is 1.13. The smallest absolute Gasteiger partial charge is 0.203 e. The summed E-state index contributed by atoms with van der Waals surface area (Å²) in [4.78, 5) is 7.11. The van der Waals surface area contributed by atoms with E-state index < -0.39 is 0 Å². The Morgan fingerprint density at radius 2 is 2.00 bits per heavy atom. The quantitative estimate of drug-likeness (QED) is 0.909. The van der Waals surface area contributed by atoms with Crippen LogP contribution >= 0.6 is 0 Å². The van der Waals surface area contributed by atoms with Gasteiger partial charge in [-0.15, -0.1) is 0 Å². The number of aryl methyl sites for hydroxylation is 1. The third kappa shape index (κ3) is 2.94. The Morgan fingerprint density at radius 3 is 2.68 bits per heavy atom. The van der Waals surface area contributed by atoms with Crippen LogP contribution in [0.5, 0.6) is 0 Å². The Labute approximate surface area is 116 Å². The lowest BCUT2D eigenvalue weighted by Gasteiger charge is -2.25. The van der Waals surface area contributed by atoms with Crippen LogP contribution in [0.1, 0.15) is 50.3 Å². The molecule has 1 aromatic heterocycles. The number of likely N-dealkylation sites (tertiary alicyclic amines) is 1. The van der Waals surface area contributed by atoms with Gasteiger partial charge in [-0.1, -0.05) is 19.3 Å². The zero-order valence-electron chi connectivity index (χ0n) is 12.2. The van der Waals surface area contributed by atoms with Gasteiger partial charge in [-0.05, 0) is 39.8 Å². The predicted octanol–water partition coefficient (Wildman–Crippen LogP) is 2.81. The van der Waals surface area contributed by atoms with Gasteiger partial charge in [-0.3, -0.25) is 0 Å². The van der Waals surface area contributed by atoms with E-state index in [1.165, 1.54) is 45.1 Å². The number of imidazole rings is 1. The van der Waals surface area contributed by atoms with Crippen LogP contribution in [0.4, 0.5) is 5.95 Å². The van der Waals surface area contributed by atoms with Gasteiger partial charge in [-0.2, -0.15) is 0 Å². The first-order chi connectivity index (χ1) is 9.22. The summed E-state index contributed by atoms with van der Waals surface area (Å²) in [6, 6.07) is 1.23. The van der Waals surface area contributed by atoms with Crippen molar-refractivity contribution in [1.29, 1.82) is 0 Å². The second-order valence-electron chi connectivity index (χ2n) is 6.30. The van der Waals surface area contributed by atoms with Crippen LogP contribution < -0.4 is 5.32 Å². The highest BCUT2D eigenvalue weighted by molar-refractivity contribution is 5.31. The van der Waals surface area contributed by atoms with Crippen molar-refractivity contribution in [2.45, 2.75) is 57.5 Å². The molecule has 1 saturated heterocycles. The van der Waals surface area contributed by atoms with Crippen LogP contribution in [0.2, 0.25) is 0 Å². The van der Waals surface area contributed by atoms with Crippen LogP contribution in [0, 0.1) is 6.92 Å². The van der Waals surface area contributed by atoms with E-state index in [2.05, 4.69) is 35.0 Å². The molecule has 1 atom stereocenters. The summed E-state index contributed by atoms with van der Waals surface area (Å²) in [6.07, 6.45) is 10.2. The summed E-state index contributed by atoms with van der Waals surface area (Å²) in [5.74, 6) is 1.10. The number of likely N-dealkylation sites (N-methyl/N-ethyl adjacent to an activating group) is 1. The van der Waals surface area contributed by atoms with Crippen molar-refractivity contribution >= 4 is 5.95 Å². The number of rotatable bonds is 3. The predicted molar refractivity (Wildman–Crippen MR) is 78.6 cm³/mol. The number of nitrogens with zero attached hydrogens (tertiary/aromatic N) is 3. The molecule has 4 nitrogen and oxygen atoms in total. The van der Waals surface area contributed by atoms with E-state index in [0.29, 0.717) is 12.1 Å². The third-order valence-electron chi connectivity index (χ3n) is 4.55. The van der Waals surface area contributed by atoms with Gasteiger partial charge in [0.05, 0.1) is 11.7 Å². The molecule has 2 aliphatic rings. The normalized spacial score (nSPS) is 25.9. The van der Waals surface area contributed by atoms with Crippen LogP contribution in [0.3, 0.4) is 0 Å². The molecule has 1 aliphatic heterocycles. The second-order valence-corrected chi connectivity index (χ2v) is 6.30. The van der Waals surface area contributed by atoms with E-state index in [-0.39, 0.29) is 0 Å². The zero-order chi connectivity index (χ0) is 13.2. The molecular formula is C15H26N4. The molecule has 19 heavy (non-hydrogen) atoms. The average Bonchev–Trinajstić information content (AvgIpc) is 2.97. The molecule has 0 radical (unpaired) electrons. The van der Waals surface area contributed by atoms with Gasteiger partial charge in [-0.25, -0.2) is 4.98 Å². The Bertz CT molecular complexity index is 420. The minimum atomic E-state index is 0.595. The summed E-state index contributed by atoms with van der Waals surface area (Å²) in [6.45, 7) is 4.45. The Morgan fingerprint density at radius 1 is 1.21 bits per heavy atom. The fourth-order valence-corrected chi connectivity index (χ4v) is 3.47. The van der Waals surface area contributed by atoms with Gasteiger partial charge >= 0.3 is 0 Å². The maximum absolute atomic E-state index is 4.71. The van der Waals surface area contributed by atoms with Crippen molar-refractivity contribution in [2.75, 3.05) is 25.5 Å². The molecule has 2 heterocycles. The average molecular weight is 262 g/mol. The minimum Gasteiger partial charge on any atom is -0.353 e. The Kier molecular flexibility index (Phi) is 3.78. The van der Waals surface area contributed by atoms with E-state index in [4.69, 9.17) is 4.98 Å². The topological polar surface area (TPSA) is 33.1 Å². The SMILES string of the molecule is Cc1cn(C2CCN(C)C2)c(NC2CCCCC2)n1. The van der Waals surface area contributed by atoms with E-state index in [1.54, 1.807) is 0 Å². The summed E-state index contributed by atoms with van der Waals surface area (Å²) in [5, 5.41) is 3.70. The molecule has 0 bridgehead atoms. The van der Waals surface area contributed by atoms with Crippen molar-refractivity contribution in [1.82, 2.24) is 14.5 Å². The monoisotopic (exact) mass is 262 g/mol. The lowest BCUT2D eigenvalue weighted by molar-refractivity contribution is 0.392. The van der Waals surface area contributed by atoms with Gasteiger partial charge in [0.25, 0.3) is 0 Å². The van der Waals surface area contributed by atoms with Gasteiger partial charge in [0.1, 0.15) is 0 Å². The first-order valence-corrected chi connectivity index (χ1v) is 7.73. The van der Waals surface area contributed by atoms with Crippen LogP contribution in [0.25, 0.3) is 0 Å². The highest BCUT2D eigenvalue weighted by Crippen LogP contribution is 2.27. The molecular weight excluding hydrogens is 236 g/mol. The maximum Gasteiger partial charge on any atom is 0.203 e. The summed E-state index contributed by atoms with van der Waals surface area (Å²) >= 11 is 0. The van der Waals surface area contributed by atoms with Crippen molar-refractivity contribution in [3.63, 3.8) is 0 Å².